The minimum Gasteiger partial charge on any atom is -0.457 e. The Morgan fingerprint density at radius 1 is 0.927 bits per heavy atom. The second-order valence-corrected chi connectivity index (χ2v) is 11.0. The molecule has 0 radical (unpaired) electrons. The predicted octanol–water partition coefficient (Wildman–Crippen LogP) is 5.57. The number of hydrogen-bond donors (Lipinski definition) is 1. The van der Waals surface area contributed by atoms with Crippen LogP contribution in [-0.4, -0.2) is 67.3 Å². The van der Waals surface area contributed by atoms with Crippen molar-refractivity contribution in [3.63, 3.8) is 0 Å². The zero-order valence-corrected chi connectivity index (χ0v) is 23.5. The van der Waals surface area contributed by atoms with Gasteiger partial charge in [-0.25, -0.2) is 24.3 Å². The number of amides is 1. The third-order valence-electron chi connectivity index (χ3n) is 6.83. The maximum Gasteiger partial charge on any atom is 0.410 e. The van der Waals surface area contributed by atoms with Crippen LogP contribution in [0.1, 0.15) is 26.3 Å². The molecule has 0 spiro atoms. The summed E-state index contributed by atoms with van der Waals surface area (Å²) < 4.78 is 13.3. The van der Waals surface area contributed by atoms with E-state index in [2.05, 4.69) is 42.4 Å². The highest BCUT2D eigenvalue weighted by molar-refractivity contribution is 5.93. The molecule has 1 aliphatic heterocycles. The first-order valence-electron chi connectivity index (χ1n) is 13.5. The van der Waals surface area contributed by atoms with Gasteiger partial charge in [0.25, 0.3) is 0 Å². The molecule has 41 heavy (non-hydrogen) atoms. The van der Waals surface area contributed by atoms with Crippen LogP contribution in [0.5, 0.6) is 11.5 Å². The molecule has 1 saturated heterocycles. The van der Waals surface area contributed by atoms with Gasteiger partial charge in [-0.15, -0.1) is 0 Å². The fourth-order valence-electron chi connectivity index (χ4n) is 4.78. The van der Waals surface area contributed by atoms with Gasteiger partial charge in [-0.3, -0.25) is 0 Å². The number of benzene rings is 2. The van der Waals surface area contributed by atoms with E-state index in [1.54, 1.807) is 15.7 Å². The largest absolute Gasteiger partial charge is 0.457 e. The molecule has 1 aliphatic rings. The number of anilines is 3. The highest BCUT2D eigenvalue weighted by atomic mass is 16.6. The lowest BCUT2D eigenvalue weighted by molar-refractivity contribution is 0.0240. The van der Waals surface area contributed by atoms with Crippen molar-refractivity contribution in [1.29, 1.82) is 0 Å². The topological polar surface area (TPSA) is 110 Å². The predicted molar refractivity (Wildman–Crippen MR) is 157 cm³/mol. The van der Waals surface area contributed by atoms with Crippen molar-refractivity contribution in [1.82, 2.24) is 29.5 Å². The molecular formula is C30H32N8O3. The minimum atomic E-state index is -0.505. The van der Waals surface area contributed by atoms with E-state index in [1.165, 1.54) is 6.33 Å². The summed E-state index contributed by atoms with van der Waals surface area (Å²) >= 11 is 0. The quantitative estimate of drug-likeness (QED) is 0.299. The lowest BCUT2D eigenvalue weighted by Crippen LogP contribution is -2.50. The van der Waals surface area contributed by atoms with E-state index in [0.29, 0.717) is 31.9 Å². The number of pyridine rings is 1. The molecule has 0 saturated carbocycles. The summed E-state index contributed by atoms with van der Waals surface area (Å²) in [6, 6.07) is 15.8. The van der Waals surface area contributed by atoms with Crippen LogP contribution in [0.3, 0.4) is 0 Å². The van der Waals surface area contributed by atoms with Crippen LogP contribution in [0.15, 0.2) is 67.4 Å². The van der Waals surface area contributed by atoms with Crippen molar-refractivity contribution in [3.05, 3.63) is 72.9 Å². The summed E-state index contributed by atoms with van der Waals surface area (Å²) in [7, 11) is 0. The number of nitrogens with one attached hydrogen (secondary N) is 1. The number of piperazine rings is 1. The normalized spacial score (nSPS) is 14.0. The van der Waals surface area contributed by atoms with Crippen LogP contribution in [0.4, 0.5) is 22.0 Å². The maximum atomic E-state index is 12.5. The van der Waals surface area contributed by atoms with Crippen LogP contribution in [-0.2, 0) is 4.74 Å². The number of aryl methyl sites for hydroxylation is 1. The summed E-state index contributed by atoms with van der Waals surface area (Å²) in [5.41, 5.74) is 3.98. The summed E-state index contributed by atoms with van der Waals surface area (Å²) in [5.74, 6) is 2.16. The third-order valence-corrected chi connectivity index (χ3v) is 6.83. The monoisotopic (exact) mass is 552 g/mol. The first-order valence-corrected chi connectivity index (χ1v) is 13.5. The van der Waals surface area contributed by atoms with Gasteiger partial charge in [-0.05, 0) is 75.7 Å². The van der Waals surface area contributed by atoms with Gasteiger partial charge in [0.1, 0.15) is 35.6 Å². The Balaban J connectivity index is 1.17. The second-order valence-electron chi connectivity index (χ2n) is 11.0. The first-order chi connectivity index (χ1) is 19.7. The lowest BCUT2D eigenvalue weighted by Gasteiger charge is -2.36. The molecule has 11 nitrogen and oxygen atoms in total. The Labute approximate surface area is 237 Å². The van der Waals surface area contributed by atoms with Gasteiger partial charge < -0.3 is 24.6 Å². The van der Waals surface area contributed by atoms with Gasteiger partial charge >= 0.3 is 6.09 Å². The summed E-state index contributed by atoms with van der Waals surface area (Å²) in [6.45, 7) is 10.3. The fraction of sp³-hybridized carbons (Fsp3) is 0.300. The van der Waals surface area contributed by atoms with E-state index in [4.69, 9.17) is 9.47 Å². The Morgan fingerprint density at radius 2 is 1.76 bits per heavy atom. The molecule has 4 heterocycles. The molecule has 0 bridgehead atoms. The molecule has 2 aromatic carbocycles. The molecule has 0 atom stereocenters. The second kappa shape index (κ2) is 10.6. The number of ether oxygens (including phenoxy) is 2. The standard InChI is InChI=1S/C30H32N8O3/c1-20-15-21(5-8-26(20)40-23-9-10-38-27(17-23)32-19-34-38)35-28-24-16-22(6-7-25(24)31-18-33-28)36-11-13-37(14-12-36)29(39)41-30(2,3)4/h5-10,15-19H,11-14H2,1-4H3,(H,31,33,35). The van der Waals surface area contributed by atoms with Gasteiger partial charge in [0.15, 0.2) is 5.65 Å². The van der Waals surface area contributed by atoms with E-state index in [1.807, 2.05) is 70.3 Å². The van der Waals surface area contributed by atoms with Crippen molar-refractivity contribution in [3.8, 4) is 11.5 Å². The number of rotatable bonds is 5. The van der Waals surface area contributed by atoms with Crippen LogP contribution in [0, 0.1) is 6.92 Å². The average molecular weight is 553 g/mol. The van der Waals surface area contributed by atoms with Crippen molar-refractivity contribution >= 4 is 39.8 Å². The number of carbonyl (C=O) groups excluding carboxylic acids is 1. The molecule has 210 valence electrons. The fourth-order valence-corrected chi connectivity index (χ4v) is 4.78. The summed E-state index contributed by atoms with van der Waals surface area (Å²) in [5, 5.41) is 8.49. The molecule has 6 rings (SSSR count). The Kier molecular flexibility index (Phi) is 6.78. The van der Waals surface area contributed by atoms with Crippen LogP contribution >= 0.6 is 0 Å². The molecule has 0 aliphatic carbocycles. The Bertz CT molecular complexity index is 1720. The van der Waals surface area contributed by atoms with Crippen molar-refractivity contribution in [2.75, 3.05) is 36.4 Å². The Hall–Kier alpha value is -4.93. The van der Waals surface area contributed by atoms with E-state index in [9.17, 15) is 4.79 Å². The molecule has 1 fully saturated rings. The van der Waals surface area contributed by atoms with Crippen molar-refractivity contribution in [2.24, 2.45) is 0 Å². The number of carbonyl (C=O) groups is 1. The molecule has 5 aromatic rings. The maximum absolute atomic E-state index is 12.5. The number of fused-ring (bicyclic) bond motifs is 2. The Morgan fingerprint density at radius 3 is 2.54 bits per heavy atom. The van der Waals surface area contributed by atoms with Gasteiger partial charge in [0.05, 0.1) is 5.52 Å². The average Bonchev–Trinajstić information content (AvgIpc) is 3.42. The number of nitrogens with zero attached hydrogens (tertiary/aromatic N) is 7. The summed E-state index contributed by atoms with van der Waals surface area (Å²) in [4.78, 5) is 29.7. The van der Waals surface area contributed by atoms with Crippen LogP contribution in [0.2, 0.25) is 0 Å². The zero-order chi connectivity index (χ0) is 28.6. The van der Waals surface area contributed by atoms with E-state index < -0.39 is 5.60 Å². The molecule has 3 aromatic heterocycles. The molecule has 0 unspecified atom stereocenters. The summed E-state index contributed by atoms with van der Waals surface area (Å²) in [6.07, 6.45) is 4.63. The SMILES string of the molecule is Cc1cc(Nc2ncnc3ccc(N4CCN(C(=O)OC(C)(C)C)CC4)cc23)ccc1Oc1ccn2ncnc2c1. The zero-order valence-electron chi connectivity index (χ0n) is 23.5. The van der Waals surface area contributed by atoms with Crippen LogP contribution in [0.25, 0.3) is 16.6 Å². The van der Waals surface area contributed by atoms with Crippen molar-refractivity contribution < 1.29 is 14.3 Å². The third kappa shape index (κ3) is 5.84. The van der Waals surface area contributed by atoms with E-state index in [-0.39, 0.29) is 6.09 Å². The van der Waals surface area contributed by atoms with Gasteiger partial charge in [0.2, 0.25) is 0 Å². The van der Waals surface area contributed by atoms with Gasteiger partial charge in [-0.2, -0.15) is 5.10 Å². The first kappa shape index (κ1) is 26.3. The molecule has 11 heteroatoms. The van der Waals surface area contributed by atoms with E-state index >= 15 is 0 Å². The molecular weight excluding hydrogens is 520 g/mol. The molecule has 1 N–H and O–H groups in total. The smallest absolute Gasteiger partial charge is 0.410 e. The van der Waals surface area contributed by atoms with Crippen molar-refractivity contribution in [2.45, 2.75) is 33.3 Å². The molecule has 1 amide bonds. The highest BCUT2D eigenvalue weighted by Gasteiger charge is 2.26. The minimum absolute atomic E-state index is 0.265. The number of aromatic nitrogens is 5. The highest BCUT2D eigenvalue weighted by Crippen LogP contribution is 2.31. The van der Waals surface area contributed by atoms with Crippen LogP contribution < -0.4 is 15.0 Å². The van der Waals surface area contributed by atoms with Gasteiger partial charge in [-0.1, -0.05) is 0 Å². The van der Waals surface area contributed by atoms with Gasteiger partial charge in [0, 0.05) is 55.2 Å². The number of hydrogen-bond acceptors (Lipinski definition) is 9. The van der Waals surface area contributed by atoms with E-state index in [0.717, 1.165) is 45.1 Å². The lowest BCUT2D eigenvalue weighted by atomic mass is 10.1.